The number of aromatic nitrogens is 1. The van der Waals surface area contributed by atoms with Gasteiger partial charge in [-0.15, -0.1) is 0 Å². The van der Waals surface area contributed by atoms with Crippen molar-refractivity contribution < 1.29 is 9.59 Å². The van der Waals surface area contributed by atoms with Gasteiger partial charge in [-0.25, -0.2) is 5.43 Å². The molecule has 2 N–H and O–H groups in total. The zero-order valence-electron chi connectivity index (χ0n) is 13.6. The third kappa shape index (κ3) is 5.20. The van der Waals surface area contributed by atoms with Gasteiger partial charge in [0.15, 0.2) is 0 Å². The van der Waals surface area contributed by atoms with Gasteiger partial charge in [-0.1, -0.05) is 12.1 Å². The van der Waals surface area contributed by atoms with Crippen molar-refractivity contribution in [3.05, 3.63) is 59.9 Å². The largest absolute Gasteiger partial charge is 0.378 e. The van der Waals surface area contributed by atoms with E-state index in [4.69, 9.17) is 0 Å². The van der Waals surface area contributed by atoms with Gasteiger partial charge in [0, 0.05) is 37.7 Å². The van der Waals surface area contributed by atoms with Crippen molar-refractivity contribution in [2.45, 2.75) is 0 Å². The van der Waals surface area contributed by atoms with Crippen molar-refractivity contribution in [2.24, 2.45) is 5.10 Å². The lowest BCUT2D eigenvalue weighted by Crippen LogP contribution is -2.34. The number of nitrogens with zero attached hydrogens (tertiary/aromatic N) is 3. The number of anilines is 1. The van der Waals surface area contributed by atoms with Gasteiger partial charge < -0.3 is 10.2 Å². The summed E-state index contributed by atoms with van der Waals surface area (Å²) in [6.07, 6.45) is 4.57. The highest BCUT2D eigenvalue weighted by Gasteiger charge is 2.06. The molecule has 2 rings (SSSR count). The molecule has 0 aliphatic rings. The second kappa shape index (κ2) is 8.42. The fourth-order valence-corrected chi connectivity index (χ4v) is 1.84. The number of rotatable bonds is 6. The van der Waals surface area contributed by atoms with Gasteiger partial charge in [-0.3, -0.25) is 14.6 Å². The Balaban J connectivity index is 1.77. The molecule has 1 heterocycles. The third-order valence-electron chi connectivity index (χ3n) is 3.16. The first-order chi connectivity index (χ1) is 11.6. The first-order valence-electron chi connectivity index (χ1n) is 7.34. The first-order valence-corrected chi connectivity index (χ1v) is 7.34. The summed E-state index contributed by atoms with van der Waals surface area (Å²) in [5.74, 6) is -0.741. The summed E-state index contributed by atoms with van der Waals surface area (Å²) < 4.78 is 0. The van der Waals surface area contributed by atoms with Gasteiger partial charge >= 0.3 is 0 Å². The summed E-state index contributed by atoms with van der Waals surface area (Å²) in [5, 5.41) is 6.38. The molecule has 0 bridgehead atoms. The van der Waals surface area contributed by atoms with E-state index in [0.29, 0.717) is 5.56 Å². The van der Waals surface area contributed by atoms with E-state index in [1.165, 1.54) is 12.4 Å². The van der Waals surface area contributed by atoms with Gasteiger partial charge in [0.05, 0.1) is 12.8 Å². The molecule has 7 heteroatoms. The monoisotopic (exact) mass is 325 g/mol. The maximum atomic E-state index is 11.8. The van der Waals surface area contributed by atoms with E-state index < -0.39 is 5.91 Å². The van der Waals surface area contributed by atoms with Gasteiger partial charge in [-0.05, 0) is 29.8 Å². The molecule has 0 atom stereocenters. The molecule has 1 aromatic carbocycles. The Morgan fingerprint density at radius 2 is 1.79 bits per heavy atom. The number of nitrogens with one attached hydrogen (secondary N) is 2. The second-order valence-corrected chi connectivity index (χ2v) is 5.20. The lowest BCUT2D eigenvalue weighted by atomic mass is 10.2. The van der Waals surface area contributed by atoms with Gasteiger partial charge in [-0.2, -0.15) is 5.10 Å². The topological polar surface area (TPSA) is 86.7 Å². The normalized spacial score (nSPS) is 10.4. The molecule has 0 spiro atoms. The maximum absolute atomic E-state index is 11.8. The standard InChI is InChI=1S/C17H19N5O2/c1-22(2)15-5-3-13(4-6-15)11-20-21-16(23)12-19-17(24)14-7-9-18-10-8-14/h3-11H,12H2,1-2H3,(H,19,24)(H,21,23). The lowest BCUT2D eigenvalue weighted by molar-refractivity contribution is -0.120. The molecule has 0 fully saturated rings. The molecule has 2 aromatic rings. The van der Waals surface area contributed by atoms with Crippen molar-refractivity contribution in [1.82, 2.24) is 15.7 Å². The molecule has 1 aromatic heterocycles. The van der Waals surface area contributed by atoms with Crippen LogP contribution < -0.4 is 15.6 Å². The van der Waals surface area contributed by atoms with E-state index in [-0.39, 0.29) is 12.5 Å². The van der Waals surface area contributed by atoms with Gasteiger partial charge in [0.2, 0.25) is 0 Å². The average molecular weight is 325 g/mol. The van der Waals surface area contributed by atoms with Gasteiger partial charge in [0.1, 0.15) is 0 Å². The van der Waals surface area contributed by atoms with E-state index in [0.717, 1.165) is 11.3 Å². The van der Waals surface area contributed by atoms with Crippen LogP contribution in [0.25, 0.3) is 0 Å². The second-order valence-electron chi connectivity index (χ2n) is 5.20. The minimum atomic E-state index is -0.404. The van der Waals surface area contributed by atoms with Gasteiger partial charge in [0.25, 0.3) is 11.8 Å². The number of amides is 2. The number of hydrazone groups is 1. The summed E-state index contributed by atoms with van der Waals surface area (Å²) in [7, 11) is 3.92. The molecule has 2 amide bonds. The Kier molecular flexibility index (Phi) is 6.01. The van der Waals surface area contributed by atoms with Crippen LogP contribution in [0.15, 0.2) is 53.9 Å². The predicted octanol–water partition coefficient (Wildman–Crippen LogP) is 1.03. The Bertz CT molecular complexity index is 712. The van der Waals surface area contributed by atoms with Crippen molar-refractivity contribution in [3.63, 3.8) is 0 Å². The summed E-state index contributed by atoms with van der Waals surface area (Å²) in [5.41, 5.74) is 4.76. The van der Waals surface area contributed by atoms with Crippen LogP contribution in [-0.2, 0) is 4.79 Å². The van der Waals surface area contributed by atoms with E-state index in [9.17, 15) is 9.59 Å². The zero-order chi connectivity index (χ0) is 17.4. The highest BCUT2D eigenvalue weighted by Crippen LogP contribution is 2.10. The average Bonchev–Trinajstić information content (AvgIpc) is 2.61. The van der Waals surface area contributed by atoms with Crippen LogP contribution in [0, 0.1) is 0 Å². The number of carbonyl (C=O) groups is 2. The number of hydrogen-bond donors (Lipinski definition) is 2. The molecule has 0 saturated heterocycles. The fraction of sp³-hybridized carbons (Fsp3) is 0.176. The van der Waals surface area contributed by atoms with Crippen molar-refractivity contribution in [1.29, 1.82) is 0 Å². The Morgan fingerprint density at radius 1 is 1.12 bits per heavy atom. The minimum Gasteiger partial charge on any atom is -0.378 e. The molecule has 0 aliphatic carbocycles. The SMILES string of the molecule is CN(C)c1ccc(C=NNC(=O)CNC(=O)c2ccncc2)cc1. The van der Waals surface area contributed by atoms with E-state index in [1.807, 2.05) is 43.3 Å². The smallest absolute Gasteiger partial charge is 0.259 e. The van der Waals surface area contributed by atoms with Crippen molar-refractivity contribution in [2.75, 3.05) is 25.5 Å². The Morgan fingerprint density at radius 3 is 2.42 bits per heavy atom. The molecule has 0 aliphatic heterocycles. The highest BCUT2D eigenvalue weighted by atomic mass is 16.2. The maximum Gasteiger partial charge on any atom is 0.259 e. The number of carbonyl (C=O) groups excluding carboxylic acids is 2. The molecule has 0 unspecified atom stereocenters. The quantitative estimate of drug-likeness (QED) is 0.613. The lowest BCUT2D eigenvalue weighted by Gasteiger charge is -2.11. The fourth-order valence-electron chi connectivity index (χ4n) is 1.84. The molecular formula is C17H19N5O2. The summed E-state index contributed by atoms with van der Waals surface area (Å²) >= 11 is 0. The number of hydrogen-bond acceptors (Lipinski definition) is 5. The highest BCUT2D eigenvalue weighted by molar-refractivity contribution is 5.96. The van der Waals surface area contributed by atoms with E-state index >= 15 is 0 Å². The van der Waals surface area contributed by atoms with Crippen molar-refractivity contribution in [3.8, 4) is 0 Å². The van der Waals surface area contributed by atoms with Crippen molar-refractivity contribution >= 4 is 23.7 Å². The molecule has 0 radical (unpaired) electrons. The third-order valence-corrected chi connectivity index (χ3v) is 3.16. The summed E-state index contributed by atoms with van der Waals surface area (Å²) in [6, 6.07) is 10.9. The molecule has 0 saturated carbocycles. The number of benzene rings is 1. The van der Waals surface area contributed by atoms with Crippen LogP contribution in [0.3, 0.4) is 0 Å². The van der Waals surface area contributed by atoms with Crippen LogP contribution in [0.5, 0.6) is 0 Å². The van der Waals surface area contributed by atoms with Crippen LogP contribution >= 0.6 is 0 Å². The molecule has 124 valence electrons. The van der Waals surface area contributed by atoms with Crippen LogP contribution in [0.2, 0.25) is 0 Å². The Hall–Kier alpha value is -3.22. The zero-order valence-corrected chi connectivity index (χ0v) is 13.6. The summed E-state index contributed by atoms with van der Waals surface area (Å²) in [4.78, 5) is 29.2. The number of pyridine rings is 1. The molecule has 24 heavy (non-hydrogen) atoms. The van der Waals surface area contributed by atoms with Crippen LogP contribution in [0.4, 0.5) is 5.69 Å². The minimum absolute atomic E-state index is 0.155. The van der Waals surface area contributed by atoms with E-state index in [2.05, 4.69) is 20.8 Å². The summed E-state index contributed by atoms with van der Waals surface area (Å²) in [6.45, 7) is -0.155. The Labute approximate surface area is 140 Å². The van der Waals surface area contributed by atoms with E-state index in [1.54, 1.807) is 18.3 Å². The molecule has 7 nitrogen and oxygen atoms in total. The van der Waals surface area contributed by atoms with Crippen LogP contribution in [-0.4, -0.2) is 43.7 Å². The molecular weight excluding hydrogens is 306 g/mol. The first kappa shape index (κ1) is 17.1. The predicted molar refractivity (Wildman–Crippen MR) is 93.1 cm³/mol. The van der Waals surface area contributed by atoms with Crippen LogP contribution in [0.1, 0.15) is 15.9 Å².